The smallest absolute Gasteiger partial charge is 0.307 e. The number of methoxy groups -OCH3 is 2. The van der Waals surface area contributed by atoms with Crippen LogP contribution >= 0.6 is 0 Å². The minimum atomic E-state index is -0.814. The van der Waals surface area contributed by atoms with E-state index in [2.05, 4.69) is 0 Å². The number of carboxylic acids is 1. The topological polar surface area (TPSA) is 55.8 Å². The SMILES string of the molecule is COc1ccc(OC)c(CCc2ccccc2CC(=O)O)c1. The molecule has 0 amide bonds. The Balaban J connectivity index is 2.18. The molecule has 2 rings (SSSR count). The lowest BCUT2D eigenvalue weighted by Crippen LogP contribution is -2.05. The number of carbonyl (C=O) groups is 1. The third-order valence-electron chi connectivity index (χ3n) is 3.61. The van der Waals surface area contributed by atoms with Gasteiger partial charge in [0.15, 0.2) is 0 Å². The van der Waals surface area contributed by atoms with Crippen molar-refractivity contribution in [3.8, 4) is 11.5 Å². The highest BCUT2D eigenvalue weighted by atomic mass is 16.5. The molecule has 0 atom stereocenters. The predicted octanol–water partition coefficient (Wildman–Crippen LogP) is 3.12. The number of rotatable bonds is 7. The summed E-state index contributed by atoms with van der Waals surface area (Å²) in [6, 6.07) is 13.4. The second kappa shape index (κ2) is 7.50. The Kier molecular flexibility index (Phi) is 5.42. The lowest BCUT2D eigenvalue weighted by atomic mass is 9.97. The van der Waals surface area contributed by atoms with E-state index in [4.69, 9.17) is 14.6 Å². The van der Waals surface area contributed by atoms with Crippen LogP contribution in [-0.2, 0) is 24.1 Å². The standard InChI is InChI=1S/C18H20O4/c1-21-16-9-10-17(22-2)15(11-16)8-7-13-5-3-4-6-14(13)12-18(19)20/h3-6,9-11H,7-8,12H2,1-2H3,(H,19,20). The van der Waals surface area contributed by atoms with Crippen LogP contribution < -0.4 is 9.47 Å². The molecule has 0 saturated carbocycles. The molecule has 0 saturated heterocycles. The van der Waals surface area contributed by atoms with Crippen molar-refractivity contribution in [1.82, 2.24) is 0 Å². The molecule has 0 fully saturated rings. The number of aliphatic carboxylic acids is 1. The van der Waals surface area contributed by atoms with Gasteiger partial charge in [-0.3, -0.25) is 4.79 Å². The fraction of sp³-hybridized carbons (Fsp3) is 0.278. The van der Waals surface area contributed by atoms with Crippen LogP contribution in [0.2, 0.25) is 0 Å². The summed E-state index contributed by atoms with van der Waals surface area (Å²) in [6.45, 7) is 0. The summed E-state index contributed by atoms with van der Waals surface area (Å²) in [5.74, 6) is 0.789. The molecule has 22 heavy (non-hydrogen) atoms. The molecule has 4 heteroatoms. The lowest BCUT2D eigenvalue weighted by Gasteiger charge is -2.12. The predicted molar refractivity (Wildman–Crippen MR) is 84.7 cm³/mol. The molecular weight excluding hydrogens is 280 g/mol. The van der Waals surface area contributed by atoms with Gasteiger partial charge in [0, 0.05) is 0 Å². The normalized spacial score (nSPS) is 10.3. The van der Waals surface area contributed by atoms with Gasteiger partial charge in [-0.15, -0.1) is 0 Å². The largest absolute Gasteiger partial charge is 0.497 e. The van der Waals surface area contributed by atoms with Crippen LogP contribution in [0.4, 0.5) is 0 Å². The number of hydrogen-bond acceptors (Lipinski definition) is 3. The summed E-state index contributed by atoms with van der Waals surface area (Å²) in [6.07, 6.45) is 1.56. The fourth-order valence-corrected chi connectivity index (χ4v) is 2.48. The molecule has 2 aromatic carbocycles. The summed E-state index contributed by atoms with van der Waals surface area (Å²) >= 11 is 0. The van der Waals surface area contributed by atoms with E-state index in [1.54, 1.807) is 14.2 Å². The van der Waals surface area contributed by atoms with Crippen molar-refractivity contribution in [2.24, 2.45) is 0 Å². The molecular formula is C18H20O4. The van der Waals surface area contributed by atoms with Crippen molar-refractivity contribution in [1.29, 1.82) is 0 Å². The highest BCUT2D eigenvalue weighted by molar-refractivity contribution is 5.70. The Hall–Kier alpha value is -2.49. The van der Waals surface area contributed by atoms with Gasteiger partial charge in [-0.1, -0.05) is 24.3 Å². The Morgan fingerprint density at radius 2 is 1.64 bits per heavy atom. The van der Waals surface area contributed by atoms with Gasteiger partial charge in [-0.25, -0.2) is 0 Å². The Morgan fingerprint density at radius 3 is 2.27 bits per heavy atom. The third-order valence-corrected chi connectivity index (χ3v) is 3.61. The maximum absolute atomic E-state index is 10.9. The highest BCUT2D eigenvalue weighted by Crippen LogP contribution is 2.25. The van der Waals surface area contributed by atoms with E-state index in [1.165, 1.54) is 0 Å². The van der Waals surface area contributed by atoms with Crippen LogP contribution in [-0.4, -0.2) is 25.3 Å². The summed E-state index contributed by atoms with van der Waals surface area (Å²) in [7, 11) is 3.28. The summed E-state index contributed by atoms with van der Waals surface area (Å²) < 4.78 is 10.6. The van der Waals surface area contributed by atoms with E-state index < -0.39 is 5.97 Å². The Labute approximate surface area is 130 Å². The highest BCUT2D eigenvalue weighted by Gasteiger charge is 2.09. The minimum Gasteiger partial charge on any atom is -0.497 e. The zero-order valence-electron chi connectivity index (χ0n) is 12.8. The van der Waals surface area contributed by atoms with Crippen LogP contribution in [0.1, 0.15) is 16.7 Å². The van der Waals surface area contributed by atoms with Crippen molar-refractivity contribution >= 4 is 5.97 Å². The van der Waals surface area contributed by atoms with Crippen molar-refractivity contribution in [3.05, 3.63) is 59.2 Å². The van der Waals surface area contributed by atoms with Crippen molar-refractivity contribution in [3.63, 3.8) is 0 Å². The molecule has 1 N–H and O–H groups in total. The second-order valence-electron chi connectivity index (χ2n) is 5.02. The molecule has 0 aliphatic heterocycles. The first-order valence-corrected chi connectivity index (χ1v) is 7.13. The summed E-state index contributed by atoms with van der Waals surface area (Å²) in [4.78, 5) is 10.9. The fourth-order valence-electron chi connectivity index (χ4n) is 2.48. The average molecular weight is 300 g/mol. The first-order valence-electron chi connectivity index (χ1n) is 7.13. The molecule has 0 aliphatic rings. The van der Waals surface area contributed by atoms with Crippen LogP contribution in [0.5, 0.6) is 11.5 Å². The van der Waals surface area contributed by atoms with Gasteiger partial charge in [-0.2, -0.15) is 0 Å². The Bertz CT molecular complexity index is 649. The number of aryl methyl sites for hydroxylation is 2. The third kappa shape index (κ3) is 4.01. The molecule has 116 valence electrons. The van der Waals surface area contributed by atoms with Gasteiger partial charge >= 0.3 is 5.97 Å². The Morgan fingerprint density at radius 1 is 0.955 bits per heavy atom. The minimum absolute atomic E-state index is 0.0470. The van der Waals surface area contributed by atoms with Crippen molar-refractivity contribution in [2.75, 3.05) is 14.2 Å². The van der Waals surface area contributed by atoms with Gasteiger partial charge in [0.25, 0.3) is 0 Å². The van der Waals surface area contributed by atoms with E-state index >= 15 is 0 Å². The van der Waals surface area contributed by atoms with Gasteiger partial charge in [-0.05, 0) is 47.7 Å². The van der Waals surface area contributed by atoms with Gasteiger partial charge in [0.2, 0.25) is 0 Å². The number of hydrogen-bond donors (Lipinski definition) is 1. The van der Waals surface area contributed by atoms with Crippen LogP contribution in [0.3, 0.4) is 0 Å². The van der Waals surface area contributed by atoms with Gasteiger partial charge in [0.1, 0.15) is 11.5 Å². The molecule has 0 spiro atoms. The van der Waals surface area contributed by atoms with Crippen LogP contribution in [0.25, 0.3) is 0 Å². The molecule has 0 heterocycles. The lowest BCUT2D eigenvalue weighted by molar-refractivity contribution is -0.136. The van der Waals surface area contributed by atoms with E-state index in [-0.39, 0.29) is 6.42 Å². The molecule has 0 radical (unpaired) electrons. The maximum atomic E-state index is 10.9. The quantitative estimate of drug-likeness (QED) is 0.853. The number of benzene rings is 2. The number of carboxylic acid groups (broad SMARTS) is 1. The van der Waals surface area contributed by atoms with Crippen molar-refractivity contribution in [2.45, 2.75) is 19.3 Å². The summed E-state index contributed by atoms with van der Waals surface area (Å²) in [5, 5.41) is 8.99. The van der Waals surface area contributed by atoms with Gasteiger partial charge < -0.3 is 14.6 Å². The van der Waals surface area contributed by atoms with E-state index in [0.717, 1.165) is 41.0 Å². The van der Waals surface area contributed by atoms with Gasteiger partial charge in [0.05, 0.1) is 20.6 Å². The molecule has 4 nitrogen and oxygen atoms in total. The maximum Gasteiger partial charge on any atom is 0.307 e. The zero-order valence-corrected chi connectivity index (χ0v) is 12.8. The first kappa shape index (κ1) is 15.9. The van der Waals surface area contributed by atoms with E-state index in [1.807, 2.05) is 42.5 Å². The molecule has 0 bridgehead atoms. The van der Waals surface area contributed by atoms with Crippen LogP contribution in [0, 0.1) is 0 Å². The first-order chi connectivity index (χ1) is 10.6. The summed E-state index contributed by atoms with van der Waals surface area (Å²) in [5.41, 5.74) is 2.96. The molecule has 0 aromatic heterocycles. The van der Waals surface area contributed by atoms with E-state index in [0.29, 0.717) is 0 Å². The second-order valence-corrected chi connectivity index (χ2v) is 5.02. The van der Waals surface area contributed by atoms with Crippen LogP contribution in [0.15, 0.2) is 42.5 Å². The average Bonchev–Trinajstić information content (AvgIpc) is 2.53. The van der Waals surface area contributed by atoms with E-state index in [9.17, 15) is 4.79 Å². The molecule has 0 aliphatic carbocycles. The monoisotopic (exact) mass is 300 g/mol. The zero-order chi connectivity index (χ0) is 15.9. The molecule has 0 unspecified atom stereocenters. The number of ether oxygens (including phenoxy) is 2. The molecule has 2 aromatic rings. The van der Waals surface area contributed by atoms with Crippen molar-refractivity contribution < 1.29 is 19.4 Å².